The molecule has 0 spiro atoms. The summed E-state index contributed by atoms with van der Waals surface area (Å²) in [7, 11) is 1.05. The monoisotopic (exact) mass is 395 g/mol. The summed E-state index contributed by atoms with van der Waals surface area (Å²) < 4.78 is 15.5. The van der Waals surface area contributed by atoms with Gasteiger partial charge < -0.3 is 14.2 Å². The molecule has 0 aliphatic heterocycles. The highest BCUT2D eigenvalue weighted by molar-refractivity contribution is 6.41. The van der Waals surface area contributed by atoms with Crippen molar-refractivity contribution in [1.82, 2.24) is 0 Å². The summed E-state index contributed by atoms with van der Waals surface area (Å²) in [6.07, 6.45) is 0. The van der Waals surface area contributed by atoms with Gasteiger partial charge in [-0.1, -0.05) is 36.4 Å². The van der Waals surface area contributed by atoms with Crippen molar-refractivity contribution in [2.75, 3.05) is 20.3 Å². The van der Waals surface area contributed by atoms with Crippen molar-refractivity contribution in [2.24, 2.45) is 0 Å². The van der Waals surface area contributed by atoms with Crippen LogP contribution in [0.5, 0.6) is 11.5 Å². The Morgan fingerprint density at radius 2 is 1.66 bits per heavy atom. The SMILES string of the molecule is COC(=O)C(=O)c1cccc([N+](=O)[O-])c1OCCOc1ccc2ccccc2c1. The summed E-state index contributed by atoms with van der Waals surface area (Å²) in [4.78, 5) is 34.3. The van der Waals surface area contributed by atoms with Crippen LogP contribution in [0.15, 0.2) is 60.7 Å². The van der Waals surface area contributed by atoms with E-state index < -0.39 is 22.4 Å². The zero-order valence-corrected chi connectivity index (χ0v) is 15.5. The summed E-state index contributed by atoms with van der Waals surface area (Å²) in [5.74, 6) is -1.85. The van der Waals surface area contributed by atoms with Crippen LogP contribution in [0.3, 0.4) is 0 Å². The predicted octanol–water partition coefficient (Wildman–Crippen LogP) is 3.56. The van der Waals surface area contributed by atoms with E-state index in [1.54, 1.807) is 6.07 Å². The maximum Gasteiger partial charge on any atom is 0.379 e. The first-order chi connectivity index (χ1) is 14.0. The molecule has 0 atom stereocenters. The van der Waals surface area contributed by atoms with Crippen LogP contribution in [-0.4, -0.2) is 37.0 Å². The molecule has 8 nitrogen and oxygen atoms in total. The van der Waals surface area contributed by atoms with E-state index in [2.05, 4.69) is 4.74 Å². The topological polar surface area (TPSA) is 105 Å². The number of Topliss-reactive ketones (excluding diaryl/α,β-unsaturated/α-hetero) is 1. The standard InChI is InChI=1S/C21H17NO7/c1-27-21(24)19(23)17-7-4-8-18(22(25)26)20(17)29-12-11-28-16-10-9-14-5-2-3-6-15(14)13-16/h2-10,13H,11-12H2,1H3. The van der Waals surface area contributed by atoms with Gasteiger partial charge in [0.15, 0.2) is 0 Å². The number of fused-ring (bicyclic) bond motifs is 1. The van der Waals surface area contributed by atoms with Gasteiger partial charge in [-0.15, -0.1) is 0 Å². The van der Waals surface area contributed by atoms with Crippen LogP contribution in [0.1, 0.15) is 10.4 Å². The first-order valence-electron chi connectivity index (χ1n) is 8.65. The van der Waals surface area contributed by atoms with Gasteiger partial charge in [0, 0.05) is 6.07 Å². The Morgan fingerprint density at radius 3 is 2.38 bits per heavy atom. The molecule has 8 heteroatoms. The fourth-order valence-electron chi connectivity index (χ4n) is 2.76. The number of carbonyl (C=O) groups excluding carboxylic acids is 2. The highest BCUT2D eigenvalue weighted by Gasteiger charge is 2.27. The largest absolute Gasteiger partial charge is 0.490 e. The molecule has 0 fully saturated rings. The third kappa shape index (κ3) is 4.49. The zero-order chi connectivity index (χ0) is 20.8. The maximum absolute atomic E-state index is 12.1. The number of hydrogen-bond acceptors (Lipinski definition) is 7. The molecular formula is C21H17NO7. The van der Waals surface area contributed by atoms with Gasteiger partial charge >= 0.3 is 11.7 Å². The third-order valence-electron chi connectivity index (χ3n) is 4.13. The molecule has 0 bridgehead atoms. The van der Waals surface area contributed by atoms with Crippen molar-refractivity contribution >= 4 is 28.2 Å². The summed E-state index contributed by atoms with van der Waals surface area (Å²) in [5, 5.41) is 13.4. The van der Waals surface area contributed by atoms with E-state index in [0.29, 0.717) is 5.75 Å². The Bertz CT molecular complexity index is 1080. The first-order valence-corrected chi connectivity index (χ1v) is 8.65. The highest BCUT2D eigenvalue weighted by Crippen LogP contribution is 2.31. The Hall–Kier alpha value is -3.94. The van der Waals surface area contributed by atoms with Gasteiger partial charge in [-0.25, -0.2) is 4.79 Å². The van der Waals surface area contributed by atoms with Crippen LogP contribution in [0, 0.1) is 10.1 Å². The number of ketones is 1. The number of carbonyl (C=O) groups is 2. The van der Waals surface area contributed by atoms with Crippen molar-refractivity contribution in [3.8, 4) is 11.5 Å². The van der Waals surface area contributed by atoms with E-state index in [-0.39, 0.29) is 24.5 Å². The number of nitro groups is 1. The molecular weight excluding hydrogens is 378 g/mol. The zero-order valence-electron chi connectivity index (χ0n) is 15.5. The average Bonchev–Trinajstić information content (AvgIpc) is 2.75. The molecule has 3 aromatic rings. The van der Waals surface area contributed by atoms with E-state index in [4.69, 9.17) is 9.47 Å². The number of hydrogen-bond donors (Lipinski definition) is 0. The average molecular weight is 395 g/mol. The molecule has 0 radical (unpaired) electrons. The van der Waals surface area contributed by atoms with Crippen LogP contribution in [0.2, 0.25) is 0 Å². The Morgan fingerprint density at radius 1 is 0.931 bits per heavy atom. The minimum Gasteiger partial charge on any atom is -0.490 e. The van der Waals surface area contributed by atoms with Gasteiger partial charge in [-0.3, -0.25) is 14.9 Å². The predicted molar refractivity (Wildman–Crippen MR) is 104 cm³/mol. The Balaban J connectivity index is 1.72. The molecule has 0 unspecified atom stereocenters. The van der Waals surface area contributed by atoms with Gasteiger partial charge in [0.2, 0.25) is 5.75 Å². The van der Waals surface area contributed by atoms with E-state index in [1.807, 2.05) is 36.4 Å². The number of para-hydroxylation sites is 1. The minimum absolute atomic E-state index is 0.0703. The summed E-state index contributed by atoms with van der Waals surface area (Å²) in [6, 6.07) is 17.1. The number of esters is 1. The maximum atomic E-state index is 12.1. The van der Waals surface area contributed by atoms with Gasteiger partial charge in [0.25, 0.3) is 5.78 Å². The third-order valence-corrected chi connectivity index (χ3v) is 4.13. The highest BCUT2D eigenvalue weighted by atomic mass is 16.6. The molecule has 0 N–H and O–H groups in total. The molecule has 3 aromatic carbocycles. The van der Waals surface area contributed by atoms with Gasteiger partial charge in [-0.2, -0.15) is 0 Å². The van der Waals surface area contributed by atoms with Crippen molar-refractivity contribution in [3.05, 3.63) is 76.3 Å². The lowest BCUT2D eigenvalue weighted by Gasteiger charge is -2.12. The number of methoxy groups -OCH3 is 1. The van der Waals surface area contributed by atoms with Gasteiger partial charge in [0.05, 0.1) is 17.6 Å². The lowest BCUT2D eigenvalue weighted by Crippen LogP contribution is -2.18. The fourth-order valence-corrected chi connectivity index (χ4v) is 2.76. The van der Waals surface area contributed by atoms with Crippen molar-refractivity contribution in [3.63, 3.8) is 0 Å². The molecule has 0 amide bonds. The van der Waals surface area contributed by atoms with Crippen molar-refractivity contribution in [1.29, 1.82) is 0 Å². The molecule has 0 aromatic heterocycles. The molecule has 3 rings (SSSR count). The molecule has 0 heterocycles. The lowest BCUT2D eigenvalue weighted by molar-refractivity contribution is -0.385. The second-order valence-corrected chi connectivity index (χ2v) is 5.94. The number of rotatable bonds is 8. The first kappa shape index (κ1) is 19.8. The number of benzene rings is 3. The van der Waals surface area contributed by atoms with Crippen LogP contribution in [-0.2, 0) is 9.53 Å². The molecule has 0 aliphatic carbocycles. The molecule has 148 valence electrons. The minimum atomic E-state index is -1.14. The molecule has 0 saturated heterocycles. The summed E-state index contributed by atoms with van der Waals surface area (Å²) in [5.41, 5.74) is -0.665. The fraction of sp³-hybridized carbons (Fsp3) is 0.143. The smallest absolute Gasteiger partial charge is 0.379 e. The Labute approximate surface area is 165 Å². The number of ether oxygens (including phenoxy) is 3. The summed E-state index contributed by atoms with van der Waals surface area (Å²) >= 11 is 0. The second kappa shape index (κ2) is 8.83. The van der Waals surface area contributed by atoms with E-state index >= 15 is 0 Å². The lowest BCUT2D eigenvalue weighted by atomic mass is 10.1. The van der Waals surface area contributed by atoms with Crippen molar-refractivity contribution in [2.45, 2.75) is 0 Å². The number of nitro benzene ring substituents is 1. The Kier molecular flexibility index (Phi) is 6.03. The van der Waals surface area contributed by atoms with E-state index in [9.17, 15) is 19.7 Å². The number of nitrogens with zero attached hydrogens (tertiary/aromatic N) is 1. The summed E-state index contributed by atoms with van der Waals surface area (Å²) in [6.45, 7) is 0.00930. The van der Waals surface area contributed by atoms with Crippen LogP contribution in [0.4, 0.5) is 5.69 Å². The molecule has 0 aliphatic rings. The van der Waals surface area contributed by atoms with E-state index in [1.165, 1.54) is 18.2 Å². The van der Waals surface area contributed by atoms with E-state index in [0.717, 1.165) is 17.9 Å². The van der Waals surface area contributed by atoms with Crippen LogP contribution < -0.4 is 9.47 Å². The van der Waals surface area contributed by atoms with Crippen LogP contribution >= 0.6 is 0 Å². The van der Waals surface area contributed by atoms with Gasteiger partial charge in [0.1, 0.15) is 19.0 Å². The second-order valence-electron chi connectivity index (χ2n) is 5.94. The quantitative estimate of drug-likeness (QED) is 0.143. The molecule has 29 heavy (non-hydrogen) atoms. The normalized spacial score (nSPS) is 10.4. The van der Waals surface area contributed by atoms with Crippen molar-refractivity contribution < 1.29 is 28.7 Å². The van der Waals surface area contributed by atoms with Gasteiger partial charge in [-0.05, 0) is 29.0 Å². The van der Waals surface area contributed by atoms with Crippen LogP contribution in [0.25, 0.3) is 10.8 Å². The molecule has 0 saturated carbocycles.